The highest BCUT2D eigenvalue weighted by atomic mass is 19.1. The van der Waals surface area contributed by atoms with E-state index in [1.54, 1.807) is 18.2 Å². The van der Waals surface area contributed by atoms with Gasteiger partial charge in [-0.1, -0.05) is 12.0 Å². The summed E-state index contributed by atoms with van der Waals surface area (Å²) in [5.74, 6) is 2.90. The van der Waals surface area contributed by atoms with Crippen LogP contribution in [-0.2, 0) is 0 Å². The fraction of sp³-hybridized carbons (Fsp3) is 0.441. The smallest absolute Gasteiger partial charge is 0.319 e. The SMILES string of the molecule is C#Cc1c(F)ccc2cc(O)cc(-c3cc4nc(OCC56CCCN5CCC6)nc(N5CC6CCC(C5)N6)c4nc3C)c12. The maximum atomic E-state index is 14.9. The minimum atomic E-state index is -0.478. The Bertz CT molecular complexity index is 1800. The average Bonchev–Trinajstić information content (AvgIpc) is 3.68. The van der Waals surface area contributed by atoms with Crippen molar-refractivity contribution in [2.24, 2.45) is 0 Å². The number of aromatic nitrogens is 3. The summed E-state index contributed by atoms with van der Waals surface area (Å²) < 4.78 is 21.4. The van der Waals surface area contributed by atoms with Crippen molar-refractivity contribution in [3.05, 3.63) is 47.4 Å². The standard InChI is InChI=1S/C34H35FN6O2/c1-3-25-28(35)9-6-21-14-24(42)15-27(30(21)25)26-16-29-31(36-20(26)2)32(40-17-22-7-8-23(18-40)37-22)39-33(38-29)43-19-34-10-4-12-41(34)13-5-11-34/h1,6,9,14-16,22-23,37,42H,4-5,7-8,10-13,17-19H2,2H3. The van der Waals surface area contributed by atoms with Crippen LogP contribution in [0.25, 0.3) is 32.9 Å². The van der Waals surface area contributed by atoms with Gasteiger partial charge in [-0.3, -0.25) is 4.90 Å². The molecule has 4 aliphatic rings. The van der Waals surface area contributed by atoms with Gasteiger partial charge in [0.25, 0.3) is 0 Å². The number of pyridine rings is 1. The highest BCUT2D eigenvalue weighted by Gasteiger charge is 2.45. The van der Waals surface area contributed by atoms with Gasteiger partial charge in [-0.2, -0.15) is 9.97 Å². The van der Waals surface area contributed by atoms with E-state index in [1.165, 1.54) is 18.9 Å². The quantitative estimate of drug-likeness (QED) is 0.323. The van der Waals surface area contributed by atoms with E-state index in [0.717, 1.165) is 68.9 Å². The molecule has 8 rings (SSSR count). The number of hydrogen-bond acceptors (Lipinski definition) is 8. The van der Waals surface area contributed by atoms with E-state index in [1.807, 2.05) is 13.0 Å². The maximum Gasteiger partial charge on any atom is 0.319 e. The highest BCUT2D eigenvalue weighted by molar-refractivity contribution is 6.03. The number of fused-ring (bicyclic) bond motifs is 5. The van der Waals surface area contributed by atoms with Gasteiger partial charge in [-0.25, -0.2) is 9.37 Å². The Morgan fingerprint density at radius 3 is 2.58 bits per heavy atom. The summed E-state index contributed by atoms with van der Waals surface area (Å²) in [6.07, 6.45) is 12.8. The second kappa shape index (κ2) is 10.0. The monoisotopic (exact) mass is 578 g/mol. The number of hydrogen-bond donors (Lipinski definition) is 2. The second-order valence-corrected chi connectivity index (χ2v) is 12.7. The van der Waals surface area contributed by atoms with Gasteiger partial charge in [0.15, 0.2) is 5.82 Å². The number of phenolic OH excluding ortho intramolecular Hbond substituents is 1. The number of halogens is 1. The summed E-state index contributed by atoms with van der Waals surface area (Å²) in [4.78, 5) is 19.9. The minimum Gasteiger partial charge on any atom is -0.508 e. The number of terminal acetylenes is 1. The van der Waals surface area contributed by atoms with Crippen LogP contribution in [0.15, 0.2) is 30.3 Å². The number of anilines is 1. The van der Waals surface area contributed by atoms with E-state index in [2.05, 4.69) is 21.0 Å². The first-order chi connectivity index (χ1) is 20.9. The van der Waals surface area contributed by atoms with Crippen LogP contribution in [0.5, 0.6) is 11.8 Å². The van der Waals surface area contributed by atoms with Crippen LogP contribution in [0.1, 0.15) is 49.8 Å². The van der Waals surface area contributed by atoms with Crippen molar-refractivity contribution in [3.63, 3.8) is 0 Å². The largest absolute Gasteiger partial charge is 0.508 e. The van der Waals surface area contributed by atoms with Crippen LogP contribution in [0.4, 0.5) is 10.2 Å². The number of nitrogens with zero attached hydrogens (tertiary/aromatic N) is 5. The molecule has 2 unspecified atom stereocenters. The summed E-state index contributed by atoms with van der Waals surface area (Å²) in [5.41, 5.74) is 3.64. The molecule has 43 heavy (non-hydrogen) atoms. The number of piperazine rings is 1. The van der Waals surface area contributed by atoms with Gasteiger partial charge in [-0.15, -0.1) is 6.42 Å². The van der Waals surface area contributed by atoms with E-state index < -0.39 is 5.82 Å². The number of aromatic hydroxyl groups is 1. The third-order valence-electron chi connectivity index (χ3n) is 10.1. The molecule has 4 aliphatic heterocycles. The first-order valence-electron chi connectivity index (χ1n) is 15.4. The lowest BCUT2D eigenvalue weighted by Gasteiger charge is -2.34. The fourth-order valence-corrected chi connectivity index (χ4v) is 8.08. The molecule has 4 saturated heterocycles. The highest BCUT2D eigenvalue weighted by Crippen LogP contribution is 2.41. The third kappa shape index (κ3) is 4.38. The fourth-order valence-electron chi connectivity index (χ4n) is 8.08. The van der Waals surface area contributed by atoms with Gasteiger partial charge in [0, 0.05) is 41.8 Å². The molecule has 4 aromatic rings. The molecule has 8 nitrogen and oxygen atoms in total. The second-order valence-electron chi connectivity index (χ2n) is 12.7. The van der Waals surface area contributed by atoms with Gasteiger partial charge in [0.05, 0.1) is 16.6 Å². The van der Waals surface area contributed by atoms with E-state index in [0.29, 0.717) is 52.1 Å². The molecule has 2 bridgehead atoms. The van der Waals surface area contributed by atoms with Crippen LogP contribution in [-0.4, -0.2) is 75.4 Å². The molecular formula is C34H35FN6O2. The lowest BCUT2D eigenvalue weighted by molar-refractivity contribution is 0.108. The Morgan fingerprint density at radius 2 is 1.84 bits per heavy atom. The van der Waals surface area contributed by atoms with Crippen molar-refractivity contribution in [3.8, 4) is 35.2 Å². The molecule has 9 heteroatoms. The van der Waals surface area contributed by atoms with Crippen LogP contribution in [0, 0.1) is 25.1 Å². The Hall–Kier alpha value is -4.00. The molecule has 6 heterocycles. The number of phenols is 1. The predicted molar refractivity (Wildman–Crippen MR) is 165 cm³/mol. The molecular weight excluding hydrogens is 543 g/mol. The summed E-state index contributed by atoms with van der Waals surface area (Å²) >= 11 is 0. The number of benzene rings is 2. The topological polar surface area (TPSA) is 86.6 Å². The number of rotatable bonds is 5. The molecule has 220 valence electrons. The van der Waals surface area contributed by atoms with Crippen molar-refractivity contribution in [2.45, 2.75) is 63.1 Å². The molecule has 0 aliphatic carbocycles. The van der Waals surface area contributed by atoms with E-state index in [9.17, 15) is 9.50 Å². The molecule has 2 N–H and O–H groups in total. The molecule has 0 spiro atoms. The zero-order chi connectivity index (χ0) is 29.3. The molecule has 0 radical (unpaired) electrons. The molecule has 0 amide bonds. The average molecular weight is 579 g/mol. The van der Waals surface area contributed by atoms with Gasteiger partial charge < -0.3 is 20.1 Å². The number of nitrogens with one attached hydrogen (secondary N) is 1. The minimum absolute atomic E-state index is 0.0669. The molecule has 2 aromatic heterocycles. The summed E-state index contributed by atoms with van der Waals surface area (Å²) in [5, 5.41) is 15.6. The van der Waals surface area contributed by atoms with Gasteiger partial charge in [-0.05, 0) is 93.8 Å². The summed E-state index contributed by atoms with van der Waals surface area (Å²) in [6, 6.07) is 9.37. The van der Waals surface area contributed by atoms with E-state index >= 15 is 0 Å². The van der Waals surface area contributed by atoms with Gasteiger partial charge in [0.2, 0.25) is 0 Å². The van der Waals surface area contributed by atoms with Gasteiger partial charge in [0.1, 0.15) is 23.7 Å². The van der Waals surface area contributed by atoms with Crippen molar-refractivity contribution in [1.29, 1.82) is 0 Å². The van der Waals surface area contributed by atoms with Crippen LogP contribution >= 0.6 is 0 Å². The van der Waals surface area contributed by atoms with Crippen molar-refractivity contribution in [2.75, 3.05) is 37.7 Å². The zero-order valence-electron chi connectivity index (χ0n) is 24.4. The molecule has 2 aromatic carbocycles. The van der Waals surface area contributed by atoms with Crippen molar-refractivity contribution in [1.82, 2.24) is 25.2 Å². The van der Waals surface area contributed by atoms with Crippen molar-refractivity contribution >= 4 is 27.6 Å². The Balaban J connectivity index is 1.28. The first kappa shape index (κ1) is 26.6. The Morgan fingerprint density at radius 1 is 1.07 bits per heavy atom. The first-order valence-corrected chi connectivity index (χ1v) is 15.4. The summed E-state index contributed by atoms with van der Waals surface area (Å²) in [7, 11) is 0. The summed E-state index contributed by atoms with van der Waals surface area (Å²) in [6.45, 7) is 6.44. The maximum absolute atomic E-state index is 14.9. The zero-order valence-corrected chi connectivity index (χ0v) is 24.4. The van der Waals surface area contributed by atoms with E-state index in [-0.39, 0.29) is 16.9 Å². The van der Waals surface area contributed by atoms with Crippen LogP contribution < -0.4 is 15.0 Å². The number of aryl methyl sites for hydroxylation is 1. The van der Waals surface area contributed by atoms with Crippen LogP contribution in [0.3, 0.4) is 0 Å². The predicted octanol–water partition coefficient (Wildman–Crippen LogP) is 4.93. The number of ether oxygens (including phenoxy) is 1. The van der Waals surface area contributed by atoms with Gasteiger partial charge >= 0.3 is 6.01 Å². The van der Waals surface area contributed by atoms with Crippen LogP contribution in [0.2, 0.25) is 0 Å². The third-order valence-corrected chi connectivity index (χ3v) is 10.1. The Kier molecular flexibility index (Phi) is 6.21. The molecule has 0 saturated carbocycles. The Labute approximate surface area is 250 Å². The van der Waals surface area contributed by atoms with Crippen molar-refractivity contribution < 1.29 is 14.2 Å². The molecule has 2 atom stereocenters. The lowest BCUT2D eigenvalue weighted by Crippen LogP contribution is -2.51. The van der Waals surface area contributed by atoms with E-state index in [4.69, 9.17) is 26.1 Å². The molecule has 4 fully saturated rings. The lowest BCUT2D eigenvalue weighted by atomic mass is 9.93. The normalized spacial score (nSPS) is 22.8.